The van der Waals surface area contributed by atoms with Crippen LogP contribution in [0.5, 0.6) is 5.75 Å². The molecule has 196 valence electrons. The fourth-order valence-corrected chi connectivity index (χ4v) is 3.91. The molecule has 0 spiro atoms. The highest BCUT2D eigenvalue weighted by molar-refractivity contribution is 7.80. The smallest absolute Gasteiger partial charge is 0.268 e. The minimum atomic E-state index is -0.435. The third-order valence-corrected chi connectivity index (χ3v) is 5.90. The highest BCUT2D eigenvalue weighted by Gasteiger charge is 2.15. The van der Waals surface area contributed by atoms with Gasteiger partial charge in [0.25, 0.3) is 11.8 Å². The summed E-state index contributed by atoms with van der Waals surface area (Å²) >= 11 is 5.46. The molecule has 2 amide bonds. The van der Waals surface area contributed by atoms with Gasteiger partial charge in [0.1, 0.15) is 11.4 Å². The maximum Gasteiger partial charge on any atom is 0.268 e. The molecule has 0 saturated carbocycles. The van der Waals surface area contributed by atoms with Crippen molar-refractivity contribution in [3.8, 4) is 5.75 Å². The van der Waals surface area contributed by atoms with Gasteiger partial charge >= 0.3 is 0 Å². The lowest BCUT2D eigenvalue weighted by atomic mass is 10.1. The van der Waals surface area contributed by atoms with E-state index < -0.39 is 5.91 Å². The number of ether oxygens (including phenoxy) is 1. The lowest BCUT2D eigenvalue weighted by Crippen LogP contribution is -2.34. The molecule has 4 aromatic rings. The lowest BCUT2D eigenvalue weighted by molar-refractivity contribution is -0.117. The molecule has 0 radical (unpaired) electrons. The number of anilines is 2. The Kier molecular flexibility index (Phi) is 9.42. The summed E-state index contributed by atoms with van der Waals surface area (Å²) in [5, 5.41) is 12.4. The molecule has 0 heterocycles. The van der Waals surface area contributed by atoms with Crippen LogP contribution in [0.25, 0.3) is 6.08 Å². The van der Waals surface area contributed by atoms with Gasteiger partial charge in [0.05, 0.1) is 7.11 Å². The van der Waals surface area contributed by atoms with Crippen molar-refractivity contribution in [1.29, 1.82) is 0 Å². The van der Waals surface area contributed by atoms with Crippen molar-refractivity contribution >= 4 is 46.6 Å². The molecule has 0 aliphatic rings. The van der Waals surface area contributed by atoms with Crippen molar-refractivity contribution < 1.29 is 14.3 Å². The monoisotopic (exact) mass is 536 g/mol. The third kappa shape index (κ3) is 8.02. The van der Waals surface area contributed by atoms with Gasteiger partial charge < -0.3 is 26.0 Å². The van der Waals surface area contributed by atoms with Gasteiger partial charge in [-0.3, -0.25) is 9.59 Å². The van der Waals surface area contributed by atoms with Gasteiger partial charge in [-0.05, 0) is 71.9 Å². The molecule has 4 aromatic carbocycles. The summed E-state index contributed by atoms with van der Waals surface area (Å²) < 4.78 is 5.21. The van der Waals surface area contributed by atoms with Crippen molar-refractivity contribution in [2.75, 3.05) is 17.7 Å². The van der Waals surface area contributed by atoms with Crippen molar-refractivity contribution in [2.45, 2.75) is 6.54 Å². The average Bonchev–Trinajstić information content (AvgIpc) is 2.97. The lowest BCUT2D eigenvalue weighted by Gasteiger charge is -2.16. The van der Waals surface area contributed by atoms with Gasteiger partial charge in [0, 0.05) is 23.5 Å². The van der Waals surface area contributed by atoms with Crippen molar-refractivity contribution in [2.24, 2.45) is 0 Å². The van der Waals surface area contributed by atoms with E-state index in [2.05, 4.69) is 21.3 Å². The van der Waals surface area contributed by atoms with Crippen LogP contribution in [0.4, 0.5) is 11.4 Å². The van der Waals surface area contributed by atoms with Crippen molar-refractivity contribution in [3.63, 3.8) is 0 Å². The number of methoxy groups -OCH3 is 1. The largest absolute Gasteiger partial charge is 0.497 e. The van der Waals surface area contributed by atoms with Crippen LogP contribution in [-0.4, -0.2) is 24.0 Å². The number of hydrogen-bond acceptors (Lipinski definition) is 4. The van der Waals surface area contributed by atoms with Crippen LogP contribution in [0.2, 0.25) is 0 Å². The second-order valence-corrected chi connectivity index (χ2v) is 8.84. The van der Waals surface area contributed by atoms with E-state index in [-0.39, 0.29) is 18.1 Å². The number of amides is 2. The summed E-state index contributed by atoms with van der Waals surface area (Å²) in [6.07, 6.45) is 1.62. The first-order valence-corrected chi connectivity index (χ1v) is 12.6. The van der Waals surface area contributed by atoms with Crippen LogP contribution in [0.1, 0.15) is 21.5 Å². The maximum absolute atomic E-state index is 13.3. The zero-order valence-electron chi connectivity index (χ0n) is 21.3. The summed E-state index contributed by atoms with van der Waals surface area (Å²) in [5.74, 6) is -0.130. The van der Waals surface area contributed by atoms with Gasteiger partial charge in [0.2, 0.25) is 0 Å². The predicted octanol–water partition coefficient (Wildman–Crippen LogP) is 5.59. The molecule has 0 unspecified atom stereocenters. The second kappa shape index (κ2) is 13.6. The Balaban J connectivity index is 1.48. The molecular weight excluding hydrogens is 508 g/mol. The SMILES string of the molecule is COc1ccc(C=C(NC(=O)c2ccccc2)C(=O)NCc2ccccc2NC(=S)Nc2ccccc2)cc1. The fourth-order valence-electron chi connectivity index (χ4n) is 3.68. The molecule has 0 saturated heterocycles. The quantitative estimate of drug-likeness (QED) is 0.165. The first-order chi connectivity index (χ1) is 19.0. The van der Waals surface area contributed by atoms with Gasteiger partial charge in [0.15, 0.2) is 5.11 Å². The van der Waals surface area contributed by atoms with Crippen molar-refractivity contribution in [3.05, 3.63) is 132 Å². The summed E-state index contributed by atoms with van der Waals surface area (Å²) in [6, 6.07) is 33.1. The topological polar surface area (TPSA) is 91.5 Å². The molecule has 0 atom stereocenters. The molecular formula is C31H28N4O3S. The van der Waals surface area contributed by atoms with E-state index in [0.717, 1.165) is 22.5 Å². The molecule has 0 aliphatic heterocycles. The Morgan fingerprint density at radius 1 is 0.795 bits per heavy atom. The molecule has 0 aromatic heterocycles. The van der Waals surface area contributed by atoms with Crippen LogP contribution in [-0.2, 0) is 11.3 Å². The number of para-hydroxylation sites is 2. The number of nitrogens with one attached hydrogen (secondary N) is 4. The maximum atomic E-state index is 13.3. The van der Waals surface area contributed by atoms with E-state index in [0.29, 0.717) is 16.4 Å². The normalized spacial score (nSPS) is 10.7. The minimum Gasteiger partial charge on any atom is -0.497 e. The molecule has 0 fully saturated rings. The van der Waals surface area contributed by atoms with Gasteiger partial charge in [-0.1, -0.05) is 66.7 Å². The zero-order chi connectivity index (χ0) is 27.5. The van der Waals surface area contributed by atoms with Gasteiger partial charge in [-0.2, -0.15) is 0 Å². The molecule has 0 aliphatic carbocycles. The molecule has 4 N–H and O–H groups in total. The molecule has 0 bridgehead atoms. The van der Waals surface area contributed by atoms with Crippen LogP contribution in [0, 0.1) is 0 Å². The number of hydrogen-bond donors (Lipinski definition) is 4. The number of carbonyl (C=O) groups excluding carboxylic acids is 2. The van der Waals surface area contributed by atoms with E-state index in [1.807, 2.05) is 60.7 Å². The number of benzene rings is 4. The fraction of sp³-hybridized carbons (Fsp3) is 0.0645. The number of thiocarbonyl (C=S) groups is 1. The van der Waals surface area contributed by atoms with E-state index in [1.54, 1.807) is 61.7 Å². The Labute approximate surface area is 232 Å². The van der Waals surface area contributed by atoms with E-state index in [9.17, 15) is 9.59 Å². The van der Waals surface area contributed by atoms with E-state index >= 15 is 0 Å². The highest BCUT2D eigenvalue weighted by Crippen LogP contribution is 2.17. The third-order valence-electron chi connectivity index (χ3n) is 5.69. The zero-order valence-corrected chi connectivity index (χ0v) is 22.1. The molecule has 8 heteroatoms. The first-order valence-electron chi connectivity index (χ1n) is 12.2. The minimum absolute atomic E-state index is 0.112. The Hall–Kier alpha value is -4.95. The number of rotatable bonds is 9. The van der Waals surface area contributed by atoms with Crippen LogP contribution in [0.15, 0.2) is 115 Å². The Morgan fingerprint density at radius 2 is 1.44 bits per heavy atom. The average molecular weight is 537 g/mol. The summed E-state index contributed by atoms with van der Waals surface area (Å²) in [6.45, 7) is 0.205. The van der Waals surface area contributed by atoms with Crippen molar-refractivity contribution in [1.82, 2.24) is 10.6 Å². The highest BCUT2D eigenvalue weighted by atomic mass is 32.1. The Morgan fingerprint density at radius 3 is 2.13 bits per heavy atom. The molecule has 39 heavy (non-hydrogen) atoms. The summed E-state index contributed by atoms with van der Waals surface area (Å²) in [5.41, 5.74) is 3.72. The molecule has 4 rings (SSSR count). The summed E-state index contributed by atoms with van der Waals surface area (Å²) in [4.78, 5) is 26.2. The van der Waals surface area contributed by atoms with Gasteiger partial charge in [-0.15, -0.1) is 0 Å². The van der Waals surface area contributed by atoms with Crippen LogP contribution >= 0.6 is 12.2 Å². The second-order valence-electron chi connectivity index (χ2n) is 8.44. The Bertz CT molecular complexity index is 1460. The first kappa shape index (κ1) is 27.1. The molecule has 7 nitrogen and oxygen atoms in total. The number of carbonyl (C=O) groups is 2. The summed E-state index contributed by atoms with van der Waals surface area (Å²) in [7, 11) is 1.58. The predicted molar refractivity (Wildman–Crippen MR) is 159 cm³/mol. The van der Waals surface area contributed by atoms with E-state index in [1.165, 1.54) is 0 Å². The van der Waals surface area contributed by atoms with Crippen LogP contribution < -0.4 is 26.0 Å². The standard InChI is InChI=1S/C31H28N4O3S/c1-38-26-18-16-22(17-19-26)20-28(34-29(36)23-10-4-2-5-11-23)30(37)32-21-24-12-8-9-15-27(24)35-31(39)33-25-13-6-3-7-14-25/h2-20H,21H2,1H3,(H,32,37)(H,34,36)(H2,33,35,39). The van der Waals surface area contributed by atoms with Crippen LogP contribution in [0.3, 0.4) is 0 Å². The van der Waals surface area contributed by atoms with Gasteiger partial charge in [-0.25, -0.2) is 0 Å². The van der Waals surface area contributed by atoms with E-state index in [4.69, 9.17) is 17.0 Å².